The molecule has 3 unspecified atom stereocenters. The number of nitrogens with zero attached hydrogens (tertiary/aromatic N) is 2. The Morgan fingerprint density at radius 2 is 2.50 bits per heavy atom. The summed E-state index contributed by atoms with van der Waals surface area (Å²) in [4.78, 5) is 18.4. The van der Waals surface area contributed by atoms with E-state index in [0.29, 0.717) is 17.5 Å². The van der Waals surface area contributed by atoms with Crippen molar-refractivity contribution < 1.29 is 14.6 Å². The van der Waals surface area contributed by atoms with Crippen molar-refractivity contribution in [1.82, 2.24) is 14.5 Å². The van der Waals surface area contributed by atoms with Gasteiger partial charge in [-0.05, 0) is 6.07 Å². The average Bonchev–Trinajstić information content (AvgIpc) is 3.01. The van der Waals surface area contributed by atoms with E-state index in [4.69, 9.17) is 15.2 Å². The van der Waals surface area contributed by atoms with Gasteiger partial charge in [0, 0.05) is 19.7 Å². The van der Waals surface area contributed by atoms with E-state index < -0.39 is 0 Å². The second-order valence-electron chi connectivity index (χ2n) is 4.73. The molecule has 8 nitrogen and oxygen atoms in total. The number of fused-ring (bicyclic) bond motifs is 1. The molecule has 3 rings (SSSR count). The third-order valence-corrected chi connectivity index (χ3v) is 3.57. The normalized spacial score (nSPS) is 26.4. The summed E-state index contributed by atoms with van der Waals surface area (Å²) in [6.45, 7) is -0.121. The lowest BCUT2D eigenvalue weighted by Gasteiger charge is -2.14. The van der Waals surface area contributed by atoms with E-state index in [1.165, 1.54) is 0 Å². The highest BCUT2D eigenvalue weighted by Crippen LogP contribution is 2.32. The van der Waals surface area contributed by atoms with Crippen molar-refractivity contribution in [1.29, 1.82) is 0 Å². The molecule has 1 saturated heterocycles. The second-order valence-corrected chi connectivity index (χ2v) is 4.73. The van der Waals surface area contributed by atoms with Crippen molar-refractivity contribution in [2.24, 2.45) is 0 Å². The molecule has 1 fully saturated rings. The summed E-state index contributed by atoms with van der Waals surface area (Å²) in [5.41, 5.74) is 5.75. The van der Waals surface area contributed by atoms with Gasteiger partial charge in [-0.2, -0.15) is 4.98 Å². The van der Waals surface area contributed by atoms with Crippen LogP contribution in [0.3, 0.4) is 0 Å². The van der Waals surface area contributed by atoms with E-state index in [1.807, 2.05) is 0 Å². The number of nitrogens with two attached hydrogens (primary N) is 1. The standard InChI is InChI=1S/C12H16N4O4/c1-19-7-4-9(20-8(7)5-17)16-3-2-6-10(16)14-12(13)15-11(6)18/h2-3,7-9,17H,4-5H2,1H3,(H3,13,14,15,18). The fraction of sp³-hybridized carbons (Fsp3) is 0.500. The highest BCUT2D eigenvalue weighted by molar-refractivity contribution is 5.76. The minimum atomic E-state index is -0.387. The van der Waals surface area contributed by atoms with Gasteiger partial charge in [0.2, 0.25) is 5.95 Å². The number of aliphatic hydroxyl groups is 1. The monoisotopic (exact) mass is 280 g/mol. The molecule has 8 heteroatoms. The summed E-state index contributed by atoms with van der Waals surface area (Å²) in [7, 11) is 1.58. The first-order chi connectivity index (χ1) is 9.63. The van der Waals surface area contributed by atoms with Crippen molar-refractivity contribution in [2.45, 2.75) is 24.9 Å². The zero-order valence-corrected chi connectivity index (χ0v) is 10.9. The molecule has 20 heavy (non-hydrogen) atoms. The SMILES string of the molecule is COC1CC(n2ccc3c(=O)[nH]c(N)nc32)OC1CO. The molecular weight excluding hydrogens is 264 g/mol. The predicted octanol–water partition coefficient (Wildman–Crippen LogP) is -0.398. The molecule has 2 aromatic heterocycles. The third kappa shape index (κ3) is 1.98. The molecule has 0 bridgehead atoms. The predicted molar refractivity (Wildman–Crippen MR) is 71.2 cm³/mol. The topological polar surface area (TPSA) is 115 Å². The Bertz CT molecular complexity index is 668. The number of hydrogen-bond acceptors (Lipinski definition) is 6. The van der Waals surface area contributed by atoms with Crippen LogP contribution < -0.4 is 11.3 Å². The number of methoxy groups -OCH3 is 1. The molecule has 1 aliphatic heterocycles. The summed E-state index contributed by atoms with van der Waals surface area (Å²) in [6.07, 6.45) is 1.37. The van der Waals surface area contributed by atoms with Gasteiger partial charge in [-0.25, -0.2) is 0 Å². The van der Waals surface area contributed by atoms with E-state index in [-0.39, 0.29) is 36.6 Å². The number of aliphatic hydroxyl groups excluding tert-OH is 1. The van der Waals surface area contributed by atoms with E-state index in [1.54, 1.807) is 23.9 Å². The van der Waals surface area contributed by atoms with Crippen LogP contribution in [0.1, 0.15) is 12.6 Å². The number of nitrogen functional groups attached to an aromatic ring is 1. The van der Waals surface area contributed by atoms with Gasteiger partial charge in [0.1, 0.15) is 12.3 Å². The van der Waals surface area contributed by atoms with Crippen molar-refractivity contribution in [3.63, 3.8) is 0 Å². The Balaban J connectivity index is 2.01. The fourth-order valence-electron chi connectivity index (χ4n) is 2.58. The zero-order valence-electron chi connectivity index (χ0n) is 10.9. The lowest BCUT2D eigenvalue weighted by atomic mass is 10.2. The minimum absolute atomic E-state index is 0.0578. The first-order valence-electron chi connectivity index (χ1n) is 6.29. The number of aromatic nitrogens is 3. The van der Waals surface area contributed by atoms with Crippen molar-refractivity contribution in [3.05, 3.63) is 22.6 Å². The van der Waals surface area contributed by atoms with Crippen LogP contribution >= 0.6 is 0 Å². The summed E-state index contributed by atoms with van der Waals surface area (Å²) < 4.78 is 12.8. The van der Waals surface area contributed by atoms with Crippen molar-refractivity contribution in [2.75, 3.05) is 19.5 Å². The maximum absolute atomic E-state index is 11.8. The van der Waals surface area contributed by atoms with Crippen LogP contribution in [0.2, 0.25) is 0 Å². The first-order valence-corrected chi connectivity index (χ1v) is 6.29. The molecule has 3 heterocycles. The molecule has 4 N–H and O–H groups in total. The van der Waals surface area contributed by atoms with E-state index in [2.05, 4.69) is 9.97 Å². The van der Waals surface area contributed by atoms with Crippen LogP contribution in [0, 0.1) is 0 Å². The Hall–Kier alpha value is -1.90. The van der Waals surface area contributed by atoms with Crippen LogP contribution in [0.5, 0.6) is 0 Å². The van der Waals surface area contributed by atoms with Gasteiger partial charge in [0.05, 0.1) is 18.1 Å². The van der Waals surface area contributed by atoms with Gasteiger partial charge in [0.25, 0.3) is 5.56 Å². The van der Waals surface area contributed by atoms with Crippen molar-refractivity contribution >= 4 is 17.0 Å². The molecule has 0 amide bonds. The first kappa shape index (κ1) is 13.1. The van der Waals surface area contributed by atoms with E-state index in [0.717, 1.165) is 0 Å². The summed E-state index contributed by atoms with van der Waals surface area (Å²) in [5, 5.41) is 9.73. The fourth-order valence-corrected chi connectivity index (χ4v) is 2.58. The molecule has 0 aromatic carbocycles. The molecule has 0 aliphatic carbocycles. The third-order valence-electron chi connectivity index (χ3n) is 3.57. The summed E-state index contributed by atoms with van der Waals surface area (Å²) >= 11 is 0. The largest absolute Gasteiger partial charge is 0.394 e. The summed E-state index contributed by atoms with van der Waals surface area (Å²) in [6, 6.07) is 1.66. The Kier molecular flexibility index (Phi) is 3.20. The number of anilines is 1. The second kappa shape index (κ2) is 4.89. The number of rotatable bonds is 3. The molecule has 1 aliphatic rings. The minimum Gasteiger partial charge on any atom is -0.394 e. The van der Waals surface area contributed by atoms with Crippen LogP contribution in [-0.2, 0) is 9.47 Å². The molecule has 3 atom stereocenters. The molecule has 0 radical (unpaired) electrons. The van der Waals surface area contributed by atoms with Crippen LogP contribution in [0.15, 0.2) is 17.1 Å². The highest BCUT2D eigenvalue weighted by Gasteiger charge is 2.36. The van der Waals surface area contributed by atoms with Gasteiger partial charge < -0.3 is 24.9 Å². The van der Waals surface area contributed by atoms with Gasteiger partial charge >= 0.3 is 0 Å². The molecule has 0 saturated carbocycles. The number of hydrogen-bond donors (Lipinski definition) is 3. The number of H-pyrrole nitrogens is 1. The number of nitrogens with one attached hydrogen (secondary N) is 1. The van der Waals surface area contributed by atoms with Gasteiger partial charge in [0.15, 0.2) is 5.65 Å². The van der Waals surface area contributed by atoms with E-state index >= 15 is 0 Å². The lowest BCUT2D eigenvalue weighted by Crippen LogP contribution is -2.26. The van der Waals surface area contributed by atoms with Crippen LogP contribution in [-0.4, -0.2) is 45.6 Å². The number of ether oxygens (including phenoxy) is 2. The smallest absolute Gasteiger partial charge is 0.261 e. The average molecular weight is 280 g/mol. The Morgan fingerprint density at radius 3 is 3.15 bits per heavy atom. The molecule has 108 valence electrons. The Labute approximate surface area is 114 Å². The molecule has 2 aromatic rings. The van der Waals surface area contributed by atoms with Crippen molar-refractivity contribution in [3.8, 4) is 0 Å². The maximum atomic E-state index is 11.8. The number of aromatic amines is 1. The molecule has 0 spiro atoms. The van der Waals surface area contributed by atoms with Gasteiger partial charge in [-0.3, -0.25) is 9.78 Å². The van der Waals surface area contributed by atoms with Gasteiger partial charge in [-0.15, -0.1) is 0 Å². The summed E-state index contributed by atoms with van der Waals surface area (Å²) in [5.74, 6) is 0.0578. The maximum Gasteiger partial charge on any atom is 0.261 e. The molecular formula is C12H16N4O4. The quantitative estimate of drug-likeness (QED) is 0.704. The van der Waals surface area contributed by atoms with Crippen LogP contribution in [0.4, 0.5) is 5.95 Å². The highest BCUT2D eigenvalue weighted by atomic mass is 16.6. The Morgan fingerprint density at radius 1 is 1.70 bits per heavy atom. The lowest BCUT2D eigenvalue weighted by molar-refractivity contribution is -0.0511. The van der Waals surface area contributed by atoms with Crippen LogP contribution in [0.25, 0.3) is 11.0 Å². The zero-order chi connectivity index (χ0) is 14.3. The van der Waals surface area contributed by atoms with Gasteiger partial charge in [-0.1, -0.05) is 0 Å². The van der Waals surface area contributed by atoms with E-state index in [9.17, 15) is 9.90 Å².